The van der Waals surface area contributed by atoms with Gasteiger partial charge in [0, 0.05) is 12.1 Å². The molecular formula is C23H25FN8O. The van der Waals surface area contributed by atoms with Crippen LogP contribution in [0.1, 0.15) is 51.1 Å². The molecule has 2 aliphatic rings. The molecule has 2 fully saturated rings. The van der Waals surface area contributed by atoms with E-state index in [0.29, 0.717) is 23.1 Å². The summed E-state index contributed by atoms with van der Waals surface area (Å²) in [5.41, 5.74) is 1.15. The summed E-state index contributed by atoms with van der Waals surface area (Å²) in [4.78, 5) is 6.54. The smallest absolute Gasteiger partial charge is 0.185 e. The minimum absolute atomic E-state index is 0.0444. The number of nitrogens with zero attached hydrogens (tertiary/aromatic N) is 8. The molecule has 0 unspecified atom stereocenters. The van der Waals surface area contributed by atoms with Crippen LogP contribution in [0.3, 0.4) is 0 Å². The summed E-state index contributed by atoms with van der Waals surface area (Å²) < 4.78 is 16.7. The van der Waals surface area contributed by atoms with Gasteiger partial charge in [0.25, 0.3) is 0 Å². The third kappa shape index (κ3) is 4.11. The van der Waals surface area contributed by atoms with Gasteiger partial charge in [0.1, 0.15) is 18.0 Å². The summed E-state index contributed by atoms with van der Waals surface area (Å²) in [6, 6.07) is 6.90. The molecule has 33 heavy (non-hydrogen) atoms. The van der Waals surface area contributed by atoms with E-state index in [0.717, 1.165) is 38.5 Å². The molecule has 2 aliphatic carbocycles. The van der Waals surface area contributed by atoms with Gasteiger partial charge >= 0.3 is 0 Å². The second-order valence-electron chi connectivity index (χ2n) is 8.75. The number of nitriles is 1. The fourth-order valence-corrected chi connectivity index (χ4v) is 4.73. The van der Waals surface area contributed by atoms with Crippen molar-refractivity contribution in [1.82, 2.24) is 30.2 Å². The van der Waals surface area contributed by atoms with Crippen LogP contribution < -0.4 is 4.90 Å². The van der Waals surface area contributed by atoms with Crippen LogP contribution in [0.5, 0.6) is 5.75 Å². The lowest BCUT2D eigenvalue weighted by Gasteiger charge is -2.40. The lowest BCUT2D eigenvalue weighted by Crippen LogP contribution is -2.49. The van der Waals surface area contributed by atoms with Crippen molar-refractivity contribution < 1.29 is 9.50 Å². The number of benzene rings is 1. The Bertz CT molecular complexity index is 1170. The highest BCUT2D eigenvalue weighted by atomic mass is 19.1. The first kappa shape index (κ1) is 21.2. The summed E-state index contributed by atoms with van der Waals surface area (Å²) in [7, 11) is 0. The molecule has 1 N–H and O–H groups in total. The first-order valence-corrected chi connectivity index (χ1v) is 11.4. The van der Waals surface area contributed by atoms with Crippen molar-refractivity contribution in [2.75, 3.05) is 4.90 Å². The van der Waals surface area contributed by atoms with E-state index < -0.39 is 6.17 Å². The number of halogens is 1. The Kier molecular flexibility index (Phi) is 5.62. The van der Waals surface area contributed by atoms with Crippen molar-refractivity contribution in [3.05, 3.63) is 36.3 Å². The van der Waals surface area contributed by atoms with E-state index in [-0.39, 0.29) is 29.2 Å². The Morgan fingerprint density at radius 1 is 1.21 bits per heavy atom. The average molecular weight is 449 g/mol. The van der Waals surface area contributed by atoms with E-state index in [4.69, 9.17) is 5.26 Å². The number of rotatable bonds is 6. The molecule has 9 nitrogen and oxygen atoms in total. The topological polar surface area (TPSA) is 117 Å². The lowest BCUT2D eigenvalue weighted by atomic mass is 9.81. The van der Waals surface area contributed by atoms with Crippen molar-refractivity contribution in [1.29, 1.82) is 5.26 Å². The highest BCUT2D eigenvalue weighted by molar-refractivity contribution is 5.66. The zero-order valence-electron chi connectivity index (χ0n) is 18.3. The first-order valence-electron chi connectivity index (χ1n) is 11.4. The van der Waals surface area contributed by atoms with E-state index in [1.54, 1.807) is 18.3 Å². The maximum atomic E-state index is 15.3. The Morgan fingerprint density at radius 3 is 2.70 bits per heavy atom. The van der Waals surface area contributed by atoms with Gasteiger partial charge in [-0.05, 0) is 43.7 Å². The SMILES string of the molecule is CC[C@@H]1CCC[C@H](N(c2cnc(-c3ccc(-n4cc(C#N)nn4)cc3O)nn2)C2CC2)[C@@H]1F. The Balaban J connectivity index is 1.39. The highest BCUT2D eigenvalue weighted by Gasteiger charge is 2.42. The third-order valence-electron chi connectivity index (χ3n) is 6.62. The zero-order chi connectivity index (χ0) is 22.9. The monoisotopic (exact) mass is 448 g/mol. The molecule has 0 bridgehead atoms. The second-order valence-corrected chi connectivity index (χ2v) is 8.75. The van der Waals surface area contributed by atoms with Crippen LogP contribution in [0.15, 0.2) is 30.6 Å². The van der Waals surface area contributed by atoms with Crippen LogP contribution in [-0.2, 0) is 0 Å². The third-order valence-corrected chi connectivity index (χ3v) is 6.62. The maximum absolute atomic E-state index is 15.3. The minimum Gasteiger partial charge on any atom is -0.507 e. The van der Waals surface area contributed by atoms with Crippen LogP contribution >= 0.6 is 0 Å². The number of phenolic OH excluding ortho intramolecular Hbond substituents is 1. The molecule has 2 saturated carbocycles. The van der Waals surface area contributed by atoms with Gasteiger partial charge in [-0.3, -0.25) is 0 Å². The van der Waals surface area contributed by atoms with E-state index in [2.05, 4.69) is 37.3 Å². The van der Waals surface area contributed by atoms with Crippen LogP contribution in [0.4, 0.5) is 10.2 Å². The molecule has 0 amide bonds. The van der Waals surface area contributed by atoms with E-state index >= 15 is 4.39 Å². The normalized spacial score (nSPS) is 22.6. The zero-order valence-corrected chi connectivity index (χ0v) is 18.3. The maximum Gasteiger partial charge on any atom is 0.185 e. The van der Waals surface area contributed by atoms with Crippen LogP contribution in [0, 0.1) is 17.2 Å². The largest absolute Gasteiger partial charge is 0.507 e. The van der Waals surface area contributed by atoms with Crippen LogP contribution in [0.2, 0.25) is 0 Å². The van der Waals surface area contributed by atoms with Crippen LogP contribution in [0.25, 0.3) is 17.1 Å². The van der Waals surface area contributed by atoms with E-state index in [1.165, 1.54) is 16.9 Å². The molecule has 0 aliphatic heterocycles. The van der Waals surface area contributed by atoms with E-state index in [9.17, 15) is 5.11 Å². The number of hydrogen-bond donors (Lipinski definition) is 1. The molecule has 10 heteroatoms. The number of hydrogen-bond acceptors (Lipinski definition) is 8. The molecule has 3 atom stereocenters. The molecule has 0 radical (unpaired) electrons. The molecule has 170 valence electrons. The molecule has 2 heterocycles. The minimum atomic E-state index is -0.874. The Morgan fingerprint density at radius 2 is 2.06 bits per heavy atom. The summed E-state index contributed by atoms with van der Waals surface area (Å²) >= 11 is 0. The van der Waals surface area contributed by atoms with Gasteiger partial charge in [-0.15, -0.1) is 15.3 Å². The van der Waals surface area contributed by atoms with Crippen LogP contribution in [-0.4, -0.2) is 53.5 Å². The predicted octanol–water partition coefficient (Wildman–Crippen LogP) is 3.58. The second kappa shape index (κ2) is 8.73. The average Bonchev–Trinajstić information content (AvgIpc) is 3.55. The fraction of sp³-hybridized carbons (Fsp3) is 0.478. The highest BCUT2D eigenvalue weighted by Crippen LogP contribution is 2.40. The van der Waals surface area contributed by atoms with Crippen molar-refractivity contribution in [3.63, 3.8) is 0 Å². The Labute approximate surface area is 190 Å². The van der Waals surface area contributed by atoms with Crippen molar-refractivity contribution in [3.8, 4) is 28.9 Å². The van der Waals surface area contributed by atoms with E-state index in [1.807, 2.05) is 6.07 Å². The van der Waals surface area contributed by atoms with Gasteiger partial charge in [-0.2, -0.15) is 5.26 Å². The van der Waals surface area contributed by atoms with Crippen molar-refractivity contribution in [2.24, 2.45) is 5.92 Å². The fourth-order valence-electron chi connectivity index (χ4n) is 4.73. The summed E-state index contributed by atoms with van der Waals surface area (Å²) in [5.74, 6) is 0.919. The predicted molar refractivity (Wildman–Crippen MR) is 118 cm³/mol. The van der Waals surface area contributed by atoms with Gasteiger partial charge in [0.05, 0.1) is 29.7 Å². The molecule has 2 aromatic heterocycles. The molecule has 0 spiro atoms. The summed E-state index contributed by atoms with van der Waals surface area (Å²) in [5, 5.41) is 35.7. The van der Waals surface area contributed by atoms with Gasteiger partial charge in [-0.1, -0.05) is 25.0 Å². The standard InChI is InChI=1S/C23H25FN8O/c1-2-14-4-3-5-19(22(14)24)32(16-6-7-16)21-12-26-23(29-28-21)18-9-8-17(10-20(18)33)31-13-15(11-25)27-30-31/h8-10,12-14,16,19,22,33H,2-7H2,1H3/t14-,19+,22-/m1/s1. The number of aromatic hydroxyl groups is 1. The number of anilines is 1. The number of phenols is 1. The molecule has 1 aromatic carbocycles. The van der Waals surface area contributed by atoms with Gasteiger partial charge in [0.15, 0.2) is 17.3 Å². The van der Waals surface area contributed by atoms with Crippen molar-refractivity contribution >= 4 is 5.82 Å². The Hall–Kier alpha value is -3.61. The van der Waals surface area contributed by atoms with Gasteiger partial charge in [-0.25, -0.2) is 14.1 Å². The first-order chi connectivity index (χ1) is 16.1. The van der Waals surface area contributed by atoms with Crippen molar-refractivity contribution in [2.45, 2.75) is 63.7 Å². The van der Waals surface area contributed by atoms with Gasteiger partial charge < -0.3 is 10.0 Å². The van der Waals surface area contributed by atoms with Gasteiger partial charge in [0.2, 0.25) is 0 Å². The molecule has 5 rings (SSSR count). The summed E-state index contributed by atoms with van der Waals surface area (Å²) in [6.45, 7) is 2.06. The number of aromatic nitrogens is 6. The quantitative estimate of drug-likeness (QED) is 0.608. The lowest BCUT2D eigenvalue weighted by molar-refractivity contribution is 0.130. The molecular weight excluding hydrogens is 423 g/mol. The number of alkyl halides is 1. The molecule has 3 aromatic rings. The summed E-state index contributed by atoms with van der Waals surface area (Å²) in [6.07, 6.45) is 7.91. The molecule has 0 saturated heterocycles.